The lowest BCUT2D eigenvalue weighted by atomic mass is 9.77. The van der Waals surface area contributed by atoms with Crippen LogP contribution in [0.2, 0.25) is 10.0 Å². The molecule has 0 spiro atoms. The molecule has 0 bridgehead atoms. The zero-order valence-electron chi connectivity index (χ0n) is 11.1. The summed E-state index contributed by atoms with van der Waals surface area (Å²) in [6.45, 7) is 5.93. The quantitative estimate of drug-likeness (QED) is 0.800. The van der Waals surface area contributed by atoms with E-state index < -0.39 is 7.12 Å². The van der Waals surface area contributed by atoms with Crippen LogP contribution in [0.1, 0.15) is 20.3 Å². The summed E-state index contributed by atoms with van der Waals surface area (Å²) in [5, 5.41) is 0.846. The molecule has 0 saturated carbocycles. The van der Waals surface area contributed by atoms with Gasteiger partial charge in [-0.15, -0.1) is 0 Å². The third kappa shape index (κ3) is 3.37. The summed E-state index contributed by atoms with van der Waals surface area (Å²) < 4.78 is 16.8. The number of hydrogen-bond donors (Lipinski definition) is 0. The maximum atomic E-state index is 6.27. The Balaban J connectivity index is 2.15. The minimum absolute atomic E-state index is 0.408. The molecule has 1 aliphatic rings. The molecule has 0 radical (unpaired) electrons. The molecule has 1 aliphatic heterocycles. The van der Waals surface area contributed by atoms with E-state index in [0.29, 0.717) is 41.5 Å². The van der Waals surface area contributed by atoms with Crippen LogP contribution in [-0.4, -0.2) is 26.9 Å². The van der Waals surface area contributed by atoms with Crippen molar-refractivity contribution >= 4 is 35.8 Å². The lowest BCUT2D eigenvalue weighted by Crippen LogP contribution is -2.44. The van der Waals surface area contributed by atoms with E-state index >= 15 is 0 Å². The summed E-state index contributed by atoms with van der Waals surface area (Å²) in [4.78, 5) is 0. The van der Waals surface area contributed by atoms with E-state index in [1.807, 2.05) is 13.0 Å². The van der Waals surface area contributed by atoms with Crippen molar-refractivity contribution in [2.24, 2.45) is 5.92 Å². The summed E-state index contributed by atoms with van der Waals surface area (Å²) in [5.74, 6) is 1.04. The zero-order chi connectivity index (χ0) is 13.8. The molecule has 6 heteroatoms. The fourth-order valence-electron chi connectivity index (χ4n) is 1.95. The van der Waals surface area contributed by atoms with Crippen molar-refractivity contribution in [2.45, 2.75) is 20.3 Å². The largest absolute Gasteiger partial charge is 0.495 e. The molecule has 0 aromatic heterocycles. The average molecular weight is 303 g/mol. The van der Waals surface area contributed by atoms with E-state index in [1.54, 1.807) is 6.07 Å². The third-order valence-corrected chi connectivity index (χ3v) is 4.05. The van der Waals surface area contributed by atoms with Crippen LogP contribution in [0.15, 0.2) is 12.1 Å². The number of halogens is 2. The second-order valence-corrected chi connectivity index (χ2v) is 5.24. The second-order valence-electron chi connectivity index (χ2n) is 4.49. The molecule has 0 aliphatic carbocycles. The van der Waals surface area contributed by atoms with Crippen LogP contribution < -0.4 is 10.2 Å². The Bertz CT molecular complexity index is 434. The minimum Gasteiger partial charge on any atom is -0.492 e. The lowest BCUT2D eigenvalue weighted by molar-refractivity contribution is 0.0850. The van der Waals surface area contributed by atoms with Crippen molar-refractivity contribution < 1.29 is 14.0 Å². The Morgan fingerprint density at radius 1 is 1.21 bits per heavy atom. The van der Waals surface area contributed by atoms with Crippen molar-refractivity contribution in [2.75, 3.05) is 19.8 Å². The fraction of sp³-hybridized carbons (Fsp3) is 0.538. The first-order chi connectivity index (χ1) is 9.17. The molecule has 0 unspecified atom stereocenters. The zero-order valence-corrected chi connectivity index (χ0v) is 12.6. The summed E-state index contributed by atoms with van der Waals surface area (Å²) >= 11 is 12.5. The summed E-state index contributed by atoms with van der Waals surface area (Å²) in [5.41, 5.74) is 0.754. The van der Waals surface area contributed by atoms with Gasteiger partial charge in [-0.2, -0.15) is 0 Å². The average Bonchev–Trinajstić information content (AvgIpc) is 2.45. The van der Waals surface area contributed by atoms with Crippen molar-refractivity contribution in [3.8, 4) is 5.75 Å². The molecule has 1 aromatic carbocycles. The van der Waals surface area contributed by atoms with Gasteiger partial charge in [0, 0.05) is 24.6 Å². The van der Waals surface area contributed by atoms with Crippen LogP contribution in [0.5, 0.6) is 5.75 Å². The van der Waals surface area contributed by atoms with E-state index in [0.717, 1.165) is 11.9 Å². The Morgan fingerprint density at radius 3 is 2.47 bits per heavy atom. The second kappa shape index (κ2) is 6.84. The van der Waals surface area contributed by atoms with Gasteiger partial charge in [-0.25, -0.2) is 0 Å². The lowest BCUT2D eigenvalue weighted by Gasteiger charge is -2.27. The van der Waals surface area contributed by atoms with Gasteiger partial charge in [-0.1, -0.05) is 36.2 Å². The van der Waals surface area contributed by atoms with Crippen LogP contribution in [0, 0.1) is 5.92 Å². The maximum Gasteiger partial charge on any atom is 0.495 e. The van der Waals surface area contributed by atoms with Crippen molar-refractivity contribution in [3.05, 3.63) is 22.2 Å². The topological polar surface area (TPSA) is 27.7 Å². The number of benzene rings is 1. The first-order valence-corrected chi connectivity index (χ1v) is 7.26. The van der Waals surface area contributed by atoms with E-state index in [2.05, 4.69) is 6.92 Å². The molecule has 1 fully saturated rings. The number of rotatable bonds is 4. The molecule has 1 saturated heterocycles. The van der Waals surface area contributed by atoms with Gasteiger partial charge in [0.1, 0.15) is 10.8 Å². The van der Waals surface area contributed by atoms with Crippen molar-refractivity contribution in [1.29, 1.82) is 0 Å². The number of ether oxygens (including phenoxy) is 1. The minimum atomic E-state index is -0.441. The summed E-state index contributed by atoms with van der Waals surface area (Å²) in [6, 6.07) is 3.64. The standard InChI is InChI=1S/C13H17BCl2O3/c1-3-9-7-18-14(19-8-9)10-5-6-11(17-4-2)13(16)12(10)15/h5-6,9H,3-4,7-8H2,1-2H3. The summed E-state index contributed by atoms with van der Waals surface area (Å²) in [6.07, 6.45) is 1.05. The van der Waals surface area contributed by atoms with Gasteiger partial charge in [0.2, 0.25) is 0 Å². The Morgan fingerprint density at radius 2 is 1.89 bits per heavy atom. The van der Waals surface area contributed by atoms with E-state index in [-0.39, 0.29) is 0 Å². The van der Waals surface area contributed by atoms with Gasteiger partial charge in [-0.05, 0) is 19.4 Å². The maximum absolute atomic E-state index is 6.27. The molecule has 1 heterocycles. The van der Waals surface area contributed by atoms with Gasteiger partial charge in [0.05, 0.1) is 11.6 Å². The molecule has 2 rings (SSSR count). The van der Waals surface area contributed by atoms with Crippen LogP contribution in [0.4, 0.5) is 0 Å². The molecule has 0 atom stereocenters. The van der Waals surface area contributed by atoms with Crippen LogP contribution >= 0.6 is 23.2 Å². The molecule has 0 amide bonds. The SMILES string of the molecule is CCOc1ccc(B2OCC(CC)CO2)c(Cl)c1Cl. The van der Waals surface area contributed by atoms with Gasteiger partial charge in [-0.3, -0.25) is 0 Å². The van der Waals surface area contributed by atoms with E-state index in [1.165, 1.54) is 0 Å². The van der Waals surface area contributed by atoms with Gasteiger partial charge in [0.15, 0.2) is 0 Å². The van der Waals surface area contributed by atoms with E-state index in [4.69, 9.17) is 37.2 Å². The smallest absolute Gasteiger partial charge is 0.492 e. The molecule has 104 valence electrons. The number of hydrogen-bond acceptors (Lipinski definition) is 3. The van der Waals surface area contributed by atoms with Crippen molar-refractivity contribution in [1.82, 2.24) is 0 Å². The normalized spacial score (nSPS) is 16.7. The van der Waals surface area contributed by atoms with Gasteiger partial charge in [0.25, 0.3) is 0 Å². The van der Waals surface area contributed by atoms with Crippen LogP contribution in [0.3, 0.4) is 0 Å². The Kier molecular flexibility index (Phi) is 5.40. The monoisotopic (exact) mass is 302 g/mol. The molecular weight excluding hydrogens is 286 g/mol. The summed E-state index contributed by atoms with van der Waals surface area (Å²) in [7, 11) is -0.441. The Labute approximate surface area is 124 Å². The first-order valence-electron chi connectivity index (χ1n) is 6.51. The Hall–Kier alpha value is -0.415. The molecule has 0 N–H and O–H groups in total. The van der Waals surface area contributed by atoms with Crippen LogP contribution in [0.25, 0.3) is 0 Å². The van der Waals surface area contributed by atoms with Gasteiger partial charge < -0.3 is 14.0 Å². The predicted molar refractivity (Wildman–Crippen MR) is 78.7 cm³/mol. The highest BCUT2D eigenvalue weighted by atomic mass is 35.5. The fourth-order valence-corrected chi connectivity index (χ4v) is 2.43. The van der Waals surface area contributed by atoms with Gasteiger partial charge >= 0.3 is 7.12 Å². The molecule has 3 nitrogen and oxygen atoms in total. The van der Waals surface area contributed by atoms with E-state index in [9.17, 15) is 0 Å². The predicted octanol–water partition coefficient (Wildman–Crippen LogP) is 3.16. The molecule has 19 heavy (non-hydrogen) atoms. The highest BCUT2D eigenvalue weighted by Gasteiger charge is 2.31. The third-order valence-electron chi connectivity index (χ3n) is 3.17. The first kappa shape index (κ1) is 15.0. The van der Waals surface area contributed by atoms with Crippen molar-refractivity contribution in [3.63, 3.8) is 0 Å². The highest BCUT2D eigenvalue weighted by molar-refractivity contribution is 6.66. The van der Waals surface area contributed by atoms with Crippen LogP contribution in [-0.2, 0) is 9.31 Å². The highest BCUT2D eigenvalue weighted by Crippen LogP contribution is 2.31. The molecular formula is C13H17BCl2O3. The molecule has 1 aromatic rings.